The van der Waals surface area contributed by atoms with Crippen LogP contribution in [0.1, 0.15) is 10.4 Å². The maximum Gasteiger partial charge on any atom is 0.338 e. The highest BCUT2D eigenvalue weighted by atomic mass is 19.1. The van der Waals surface area contributed by atoms with Crippen LogP contribution < -0.4 is 0 Å². The van der Waals surface area contributed by atoms with Gasteiger partial charge in [-0.25, -0.2) is 9.18 Å². The molecule has 0 atom stereocenters. The van der Waals surface area contributed by atoms with E-state index in [2.05, 4.69) is 9.68 Å². The minimum Gasteiger partial charge on any atom is -0.478 e. The molecule has 5 heteroatoms. The molecule has 0 aliphatic rings. The number of rotatable bonds is 1. The highest BCUT2D eigenvalue weighted by Crippen LogP contribution is 2.20. The average Bonchev–Trinajstić information content (AvgIpc) is 2.52. The Bertz CT molecular complexity index is 477. The number of benzene rings is 1. The van der Waals surface area contributed by atoms with Crippen molar-refractivity contribution in [3.63, 3.8) is 0 Å². The van der Waals surface area contributed by atoms with Crippen molar-refractivity contribution in [2.75, 3.05) is 0 Å². The van der Waals surface area contributed by atoms with Gasteiger partial charge in [-0.05, 0) is 12.1 Å². The lowest BCUT2D eigenvalue weighted by Gasteiger charge is -1.95. The van der Waals surface area contributed by atoms with Crippen molar-refractivity contribution < 1.29 is 18.8 Å². The van der Waals surface area contributed by atoms with E-state index < -0.39 is 17.3 Å². The maximum absolute atomic E-state index is 13.2. The van der Waals surface area contributed by atoms with Gasteiger partial charge in [0.25, 0.3) is 0 Å². The SMILES string of the molecule is O=C(O)c1ccc2cnoc2c1F. The number of carboxylic acids is 1. The van der Waals surface area contributed by atoms with Gasteiger partial charge >= 0.3 is 5.97 Å². The Kier molecular flexibility index (Phi) is 1.51. The van der Waals surface area contributed by atoms with E-state index in [1.165, 1.54) is 18.3 Å². The van der Waals surface area contributed by atoms with Gasteiger partial charge in [0.15, 0.2) is 5.82 Å². The van der Waals surface area contributed by atoms with E-state index in [1.807, 2.05) is 0 Å². The summed E-state index contributed by atoms with van der Waals surface area (Å²) in [6.07, 6.45) is 1.32. The fourth-order valence-electron chi connectivity index (χ4n) is 1.07. The van der Waals surface area contributed by atoms with Crippen LogP contribution in [-0.2, 0) is 0 Å². The van der Waals surface area contributed by atoms with Crippen LogP contribution in [0.5, 0.6) is 0 Å². The Hall–Kier alpha value is -1.91. The first-order chi connectivity index (χ1) is 6.20. The summed E-state index contributed by atoms with van der Waals surface area (Å²) in [6.45, 7) is 0. The second-order valence-corrected chi connectivity index (χ2v) is 2.48. The molecular formula is C8H4FNO3. The van der Waals surface area contributed by atoms with Gasteiger partial charge in [0.1, 0.15) is 0 Å². The Morgan fingerprint density at radius 1 is 1.54 bits per heavy atom. The summed E-state index contributed by atoms with van der Waals surface area (Å²) in [5.74, 6) is -2.21. The molecule has 0 fully saturated rings. The van der Waals surface area contributed by atoms with Crippen LogP contribution in [0, 0.1) is 5.82 Å². The molecule has 0 aliphatic carbocycles. The molecule has 4 nitrogen and oxygen atoms in total. The predicted molar refractivity (Wildman–Crippen MR) is 40.9 cm³/mol. The largest absolute Gasteiger partial charge is 0.478 e. The van der Waals surface area contributed by atoms with Gasteiger partial charge in [-0.3, -0.25) is 0 Å². The first-order valence-electron chi connectivity index (χ1n) is 3.46. The first kappa shape index (κ1) is 7.72. The molecule has 0 aliphatic heterocycles. The average molecular weight is 181 g/mol. The van der Waals surface area contributed by atoms with E-state index in [-0.39, 0.29) is 5.58 Å². The second kappa shape index (κ2) is 2.55. The number of hydrogen-bond donors (Lipinski definition) is 1. The third kappa shape index (κ3) is 1.05. The molecule has 0 amide bonds. The number of hydrogen-bond acceptors (Lipinski definition) is 3. The molecule has 2 rings (SSSR count). The molecule has 1 N–H and O–H groups in total. The van der Waals surface area contributed by atoms with Crippen molar-refractivity contribution in [3.05, 3.63) is 29.7 Å². The second-order valence-electron chi connectivity index (χ2n) is 2.48. The van der Waals surface area contributed by atoms with Crippen LogP contribution in [-0.4, -0.2) is 16.2 Å². The van der Waals surface area contributed by atoms with E-state index in [0.29, 0.717) is 5.39 Å². The van der Waals surface area contributed by atoms with Crippen molar-refractivity contribution in [1.29, 1.82) is 0 Å². The number of fused-ring (bicyclic) bond motifs is 1. The summed E-state index contributed by atoms with van der Waals surface area (Å²) >= 11 is 0. The lowest BCUT2D eigenvalue weighted by atomic mass is 10.1. The molecule has 0 unspecified atom stereocenters. The van der Waals surface area contributed by atoms with Crippen molar-refractivity contribution in [3.8, 4) is 0 Å². The molecule has 2 aromatic rings. The summed E-state index contributed by atoms with van der Waals surface area (Å²) in [4.78, 5) is 10.5. The van der Waals surface area contributed by atoms with Gasteiger partial charge < -0.3 is 9.63 Å². The van der Waals surface area contributed by atoms with Crippen molar-refractivity contribution in [2.45, 2.75) is 0 Å². The van der Waals surface area contributed by atoms with Crippen LogP contribution in [0.25, 0.3) is 11.0 Å². The summed E-state index contributed by atoms with van der Waals surface area (Å²) in [5, 5.41) is 12.4. The summed E-state index contributed by atoms with van der Waals surface area (Å²) in [6, 6.07) is 2.62. The topological polar surface area (TPSA) is 63.3 Å². The summed E-state index contributed by atoms with van der Waals surface area (Å²) in [5.41, 5.74) is -0.538. The quantitative estimate of drug-likeness (QED) is 0.726. The molecule has 0 bridgehead atoms. The van der Waals surface area contributed by atoms with Crippen LogP contribution in [0.2, 0.25) is 0 Å². The predicted octanol–water partition coefficient (Wildman–Crippen LogP) is 1.67. The zero-order chi connectivity index (χ0) is 9.42. The van der Waals surface area contributed by atoms with Crippen LogP contribution >= 0.6 is 0 Å². The zero-order valence-electron chi connectivity index (χ0n) is 6.32. The molecule has 66 valence electrons. The number of aromatic carboxylic acids is 1. The number of halogens is 1. The third-order valence-electron chi connectivity index (χ3n) is 1.69. The molecule has 0 saturated carbocycles. The van der Waals surface area contributed by atoms with E-state index in [0.717, 1.165) is 0 Å². The molecular weight excluding hydrogens is 177 g/mol. The normalized spacial score (nSPS) is 10.5. The highest BCUT2D eigenvalue weighted by Gasteiger charge is 2.15. The Morgan fingerprint density at radius 2 is 2.31 bits per heavy atom. The monoisotopic (exact) mass is 181 g/mol. The lowest BCUT2D eigenvalue weighted by Crippen LogP contribution is -1.99. The standard InChI is InChI=1S/C8H4FNO3/c9-6-5(8(11)12)2-1-4-3-10-13-7(4)6/h1-3H,(H,11,12). The van der Waals surface area contributed by atoms with Gasteiger partial charge in [-0.2, -0.15) is 0 Å². The molecule has 1 heterocycles. The zero-order valence-corrected chi connectivity index (χ0v) is 6.32. The van der Waals surface area contributed by atoms with Crippen molar-refractivity contribution in [1.82, 2.24) is 5.16 Å². The van der Waals surface area contributed by atoms with Crippen LogP contribution in [0.4, 0.5) is 4.39 Å². The van der Waals surface area contributed by atoms with Gasteiger partial charge in [0.05, 0.1) is 11.8 Å². The Morgan fingerprint density at radius 3 is 3.00 bits per heavy atom. The molecule has 13 heavy (non-hydrogen) atoms. The molecule has 0 saturated heterocycles. The molecule has 1 aromatic heterocycles. The van der Waals surface area contributed by atoms with Gasteiger partial charge in [0, 0.05) is 5.39 Å². The number of aromatic nitrogens is 1. The maximum atomic E-state index is 13.2. The Balaban J connectivity index is 2.80. The molecule has 0 spiro atoms. The minimum absolute atomic E-state index is 0.125. The summed E-state index contributed by atoms with van der Waals surface area (Å²) in [7, 11) is 0. The number of nitrogens with zero attached hydrogens (tertiary/aromatic N) is 1. The Labute approximate surface area is 71.6 Å². The fraction of sp³-hybridized carbons (Fsp3) is 0. The van der Waals surface area contributed by atoms with Gasteiger partial charge in [-0.1, -0.05) is 5.16 Å². The minimum atomic E-state index is -1.32. The number of carbonyl (C=O) groups is 1. The van der Waals surface area contributed by atoms with E-state index in [4.69, 9.17) is 5.11 Å². The van der Waals surface area contributed by atoms with E-state index >= 15 is 0 Å². The molecule has 1 aromatic carbocycles. The van der Waals surface area contributed by atoms with E-state index in [9.17, 15) is 9.18 Å². The fourth-order valence-corrected chi connectivity index (χ4v) is 1.07. The smallest absolute Gasteiger partial charge is 0.338 e. The van der Waals surface area contributed by atoms with Crippen LogP contribution in [0.3, 0.4) is 0 Å². The molecule has 0 radical (unpaired) electrons. The van der Waals surface area contributed by atoms with Crippen LogP contribution in [0.15, 0.2) is 22.9 Å². The first-order valence-corrected chi connectivity index (χ1v) is 3.46. The van der Waals surface area contributed by atoms with Gasteiger partial charge in [0.2, 0.25) is 5.58 Å². The lowest BCUT2D eigenvalue weighted by molar-refractivity contribution is 0.0692. The highest BCUT2D eigenvalue weighted by molar-refractivity contribution is 5.92. The number of carboxylic acid groups (broad SMARTS) is 1. The van der Waals surface area contributed by atoms with E-state index in [1.54, 1.807) is 0 Å². The third-order valence-corrected chi connectivity index (χ3v) is 1.69. The van der Waals surface area contributed by atoms with Crippen molar-refractivity contribution in [2.24, 2.45) is 0 Å². The van der Waals surface area contributed by atoms with Crippen molar-refractivity contribution >= 4 is 16.9 Å². The summed E-state index contributed by atoms with van der Waals surface area (Å²) < 4.78 is 17.8. The van der Waals surface area contributed by atoms with Gasteiger partial charge in [-0.15, -0.1) is 0 Å².